The molecule has 2 aromatic carbocycles. The van der Waals surface area contributed by atoms with Crippen molar-refractivity contribution in [1.82, 2.24) is 0 Å². The maximum Gasteiger partial charge on any atom is 0.229 e. The molecule has 0 bridgehead atoms. The lowest BCUT2D eigenvalue weighted by atomic mass is 9.96. The van der Waals surface area contributed by atoms with Crippen LogP contribution in [0.15, 0.2) is 42.5 Å². The number of carbonyl (C=O) groups is 2. The minimum absolute atomic E-state index is 0.0254. The zero-order chi connectivity index (χ0) is 21.0. The molecule has 154 valence electrons. The highest BCUT2D eigenvalue weighted by molar-refractivity contribution is 6.04. The fourth-order valence-electron chi connectivity index (χ4n) is 3.62. The highest BCUT2D eigenvalue weighted by Gasteiger charge is 2.36. The van der Waals surface area contributed by atoms with Crippen LogP contribution < -0.4 is 19.7 Å². The number of hydrogen-bond acceptors (Lipinski definition) is 4. The van der Waals surface area contributed by atoms with Gasteiger partial charge in [0.05, 0.1) is 25.8 Å². The quantitative estimate of drug-likeness (QED) is 0.761. The molecule has 1 aliphatic rings. The molecule has 1 aliphatic heterocycles. The number of rotatable bonds is 7. The monoisotopic (exact) mass is 396 g/mol. The van der Waals surface area contributed by atoms with Crippen molar-refractivity contribution in [2.24, 2.45) is 5.92 Å². The number of carbonyl (C=O) groups excluding carboxylic acids is 2. The topological polar surface area (TPSA) is 67.9 Å². The van der Waals surface area contributed by atoms with Gasteiger partial charge in [-0.05, 0) is 36.1 Å². The van der Waals surface area contributed by atoms with Crippen LogP contribution in [0.3, 0.4) is 0 Å². The summed E-state index contributed by atoms with van der Waals surface area (Å²) < 4.78 is 10.5. The van der Waals surface area contributed by atoms with Gasteiger partial charge >= 0.3 is 0 Å². The number of hydrogen-bond donors (Lipinski definition) is 1. The number of anilines is 2. The zero-order valence-corrected chi connectivity index (χ0v) is 17.4. The molecule has 0 aliphatic carbocycles. The van der Waals surface area contributed by atoms with Gasteiger partial charge in [0.2, 0.25) is 11.8 Å². The maximum atomic E-state index is 12.9. The van der Waals surface area contributed by atoms with E-state index < -0.39 is 5.92 Å². The SMILES string of the molecule is CC[C@@H](C)c1ccccc1N1C[C@@H](C(=O)Nc2ccc(OC)cc2OC)CC1=O. The molecule has 2 atom stereocenters. The third-order valence-electron chi connectivity index (χ3n) is 5.53. The maximum absolute atomic E-state index is 12.9. The number of para-hydroxylation sites is 1. The summed E-state index contributed by atoms with van der Waals surface area (Å²) in [5.74, 6) is 0.868. The van der Waals surface area contributed by atoms with Gasteiger partial charge in [-0.25, -0.2) is 0 Å². The van der Waals surface area contributed by atoms with Gasteiger partial charge in [0, 0.05) is 24.7 Å². The summed E-state index contributed by atoms with van der Waals surface area (Å²) in [7, 11) is 3.11. The number of amides is 2. The van der Waals surface area contributed by atoms with Gasteiger partial charge in [0.25, 0.3) is 0 Å². The first-order chi connectivity index (χ1) is 14.0. The number of benzene rings is 2. The van der Waals surface area contributed by atoms with E-state index >= 15 is 0 Å². The Balaban J connectivity index is 1.77. The smallest absolute Gasteiger partial charge is 0.229 e. The van der Waals surface area contributed by atoms with E-state index in [1.807, 2.05) is 18.2 Å². The van der Waals surface area contributed by atoms with Gasteiger partial charge in [-0.15, -0.1) is 0 Å². The normalized spacial score (nSPS) is 17.2. The van der Waals surface area contributed by atoms with Gasteiger partial charge in [0.15, 0.2) is 0 Å². The van der Waals surface area contributed by atoms with E-state index in [0.717, 1.165) is 17.7 Å². The number of nitrogens with one attached hydrogen (secondary N) is 1. The fourth-order valence-corrected chi connectivity index (χ4v) is 3.62. The largest absolute Gasteiger partial charge is 0.497 e. The molecule has 6 heteroatoms. The van der Waals surface area contributed by atoms with E-state index in [1.165, 1.54) is 7.11 Å². The van der Waals surface area contributed by atoms with Crippen molar-refractivity contribution >= 4 is 23.2 Å². The first-order valence-electron chi connectivity index (χ1n) is 9.90. The summed E-state index contributed by atoms with van der Waals surface area (Å²) in [5.41, 5.74) is 2.61. The molecule has 2 amide bonds. The lowest BCUT2D eigenvalue weighted by Crippen LogP contribution is -2.29. The molecular formula is C23H28N2O4. The van der Waals surface area contributed by atoms with Crippen LogP contribution in [0.1, 0.15) is 38.2 Å². The number of methoxy groups -OCH3 is 2. The molecule has 0 aromatic heterocycles. The standard InChI is InChI=1S/C23H28N2O4/c1-5-15(2)18-8-6-7-9-20(18)25-14-16(12-22(25)26)23(27)24-19-11-10-17(28-3)13-21(19)29-4/h6-11,13,15-16H,5,12,14H2,1-4H3,(H,24,27)/t15-,16+/m1/s1. The van der Waals surface area contributed by atoms with Gasteiger partial charge < -0.3 is 19.7 Å². The minimum atomic E-state index is -0.417. The summed E-state index contributed by atoms with van der Waals surface area (Å²) in [5, 5.41) is 2.90. The summed E-state index contributed by atoms with van der Waals surface area (Å²) in [4.78, 5) is 27.3. The second-order valence-electron chi connectivity index (χ2n) is 7.33. The van der Waals surface area contributed by atoms with E-state index in [-0.39, 0.29) is 18.2 Å². The van der Waals surface area contributed by atoms with Crippen molar-refractivity contribution in [3.63, 3.8) is 0 Å². The molecule has 1 N–H and O–H groups in total. The van der Waals surface area contributed by atoms with E-state index in [9.17, 15) is 9.59 Å². The molecule has 1 heterocycles. The Morgan fingerprint density at radius 3 is 2.66 bits per heavy atom. The van der Waals surface area contributed by atoms with E-state index in [2.05, 4.69) is 25.2 Å². The summed E-state index contributed by atoms with van der Waals surface area (Å²) in [6.45, 7) is 4.65. The number of ether oxygens (including phenoxy) is 2. The summed E-state index contributed by atoms with van der Waals surface area (Å²) in [6.07, 6.45) is 1.18. The second-order valence-corrected chi connectivity index (χ2v) is 7.33. The molecule has 1 saturated heterocycles. The molecule has 6 nitrogen and oxygen atoms in total. The van der Waals surface area contributed by atoms with Crippen molar-refractivity contribution in [2.75, 3.05) is 31.0 Å². The molecule has 2 aromatic rings. The second kappa shape index (κ2) is 8.99. The predicted octanol–water partition coefficient (Wildman–Crippen LogP) is 4.21. The van der Waals surface area contributed by atoms with Crippen molar-refractivity contribution < 1.29 is 19.1 Å². The lowest BCUT2D eigenvalue weighted by Gasteiger charge is -2.23. The Hall–Kier alpha value is -3.02. The van der Waals surface area contributed by atoms with Gasteiger partial charge in [-0.1, -0.05) is 32.0 Å². The summed E-state index contributed by atoms with van der Waals surface area (Å²) >= 11 is 0. The minimum Gasteiger partial charge on any atom is -0.497 e. The van der Waals surface area contributed by atoms with Crippen LogP contribution in [0, 0.1) is 5.92 Å². The third-order valence-corrected chi connectivity index (χ3v) is 5.53. The zero-order valence-electron chi connectivity index (χ0n) is 17.4. The average Bonchev–Trinajstić information content (AvgIpc) is 3.15. The molecule has 3 rings (SSSR count). The fraction of sp³-hybridized carbons (Fsp3) is 0.391. The highest BCUT2D eigenvalue weighted by Crippen LogP contribution is 2.34. The molecule has 0 unspecified atom stereocenters. The van der Waals surface area contributed by atoms with Crippen LogP contribution >= 0.6 is 0 Å². The Labute approximate surface area is 171 Å². The first kappa shape index (κ1) is 20.7. The van der Waals surface area contributed by atoms with Gasteiger partial charge in [0.1, 0.15) is 11.5 Å². The molecule has 0 radical (unpaired) electrons. The van der Waals surface area contributed by atoms with Gasteiger partial charge in [-0.2, -0.15) is 0 Å². The van der Waals surface area contributed by atoms with Crippen LogP contribution in [0.2, 0.25) is 0 Å². The predicted molar refractivity (Wildman–Crippen MR) is 114 cm³/mol. The van der Waals surface area contributed by atoms with Crippen molar-refractivity contribution in [2.45, 2.75) is 32.6 Å². The van der Waals surface area contributed by atoms with Crippen LogP contribution in [0.5, 0.6) is 11.5 Å². The average molecular weight is 396 g/mol. The first-order valence-corrected chi connectivity index (χ1v) is 9.90. The Morgan fingerprint density at radius 1 is 1.21 bits per heavy atom. The van der Waals surface area contributed by atoms with Crippen LogP contribution in [0.25, 0.3) is 0 Å². The lowest BCUT2D eigenvalue weighted by molar-refractivity contribution is -0.122. The molecule has 1 fully saturated rings. The van der Waals surface area contributed by atoms with E-state index in [0.29, 0.717) is 29.6 Å². The van der Waals surface area contributed by atoms with Crippen molar-refractivity contribution in [3.05, 3.63) is 48.0 Å². The Kier molecular flexibility index (Phi) is 6.42. The third kappa shape index (κ3) is 4.36. The summed E-state index contributed by atoms with van der Waals surface area (Å²) in [6, 6.07) is 13.2. The van der Waals surface area contributed by atoms with Crippen LogP contribution in [-0.4, -0.2) is 32.6 Å². The molecule has 0 spiro atoms. The van der Waals surface area contributed by atoms with E-state index in [1.54, 1.807) is 30.2 Å². The van der Waals surface area contributed by atoms with Crippen LogP contribution in [0.4, 0.5) is 11.4 Å². The Bertz CT molecular complexity index is 896. The number of nitrogens with zero attached hydrogens (tertiary/aromatic N) is 1. The molecular weight excluding hydrogens is 368 g/mol. The molecule has 0 saturated carbocycles. The van der Waals surface area contributed by atoms with Crippen molar-refractivity contribution in [3.8, 4) is 11.5 Å². The van der Waals surface area contributed by atoms with E-state index in [4.69, 9.17) is 9.47 Å². The van der Waals surface area contributed by atoms with Crippen LogP contribution in [-0.2, 0) is 9.59 Å². The Morgan fingerprint density at radius 2 is 1.97 bits per heavy atom. The van der Waals surface area contributed by atoms with Crippen molar-refractivity contribution in [1.29, 1.82) is 0 Å². The highest BCUT2D eigenvalue weighted by atomic mass is 16.5. The van der Waals surface area contributed by atoms with Gasteiger partial charge in [-0.3, -0.25) is 9.59 Å². The molecule has 29 heavy (non-hydrogen) atoms.